The predicted molar refractivity (Wildman–Crippen MR) is 72.4 cm³/mol. The van der Waals surface area contributed by atoms with Crippen molar-refractivity contribution < 1.29 is 8.42 Å². The molecule has 2 rings (SSSR count). The van der Waals surface area contributed by atoms with Gasteiger partial charge in [-0.3, -0.25) is 0 Å². The van der Waals surface area contributed by atoms with Crippen LogP contribution in [0, 0.1) is 0 Å². The van der Waals surface area contributed by atoms with Gasteiger partial charge in [-0.25, -0.2) is 23.1 Å². The number of hydrogen-bond acceptors (Lipinski definition) is 6. The molecule has 0 amide bonds. The van der Waals surface area contributed by atoms with Crippen LogP contribution >= 0.6 is 0 Å². The van der Waals surface area contributed by atoms with Gasteiger partial charge in [0, 0.05) is 26.2 Å². The first-order chi connectivity index (χ1) is 9.03. The summed E-state index contributed by atoms with van der Waals surface area (Å²) < 4.78 is 26.5. The van der Waals surface area contributed by atoms with Crippen LogP contribution in [0.3, 0.4) is 0 Å². The van der Waals surface area contributed by atoms with Gasteiger partial charge in [-0.05, 0) is 19.9 Å². The van der Waals surface area contributed by atoms with Crippen molar-refractivity contribution in [2.75, 3.05) is 32.5 Å². The van der Waals surface area contributed by atoms with Crippen molar-refractivity contribution in [3.63, 3.8) is 0 Å². The Labute approximate surface area is 113 Å². The number of nitrogens with zero attached hydrogens (tertiary/aromatic N) is 3. The molecule has 0 aliphatic heterocycles. The topological polar surface area (TPSA) is 87.2 Å². The van der Waals surface area contributed by atoms with Crippen LogP contribution in [0.5, 0.6) is 0 Å². The highest BCUT2D eigenvalue weighted by molar-refractivity contribution is 7.89. The van der Waals surface area contributed by atoms with Crippen molar-refractivity contribution in [1.29, 1.82) is 0 Å². The van der Waals surface area contributed by atoms with E-state index in [0.717, 1.165) is 0 Å². The third-order valence-corrected chi connectivity index (χ3v) is 4.50. The Morgan fingerprint density at radius 3 is 2.53 bits per heavy atom. The summed E-state index contributed by atoms with van der Waals surface area (Å²) in [5, 5.41) is 2.74. The molecule has 0 spiro atoms. The molecular weight excluding hydrogens is 266 g/mol. The molecule has 1 aliphatic carbocycles. The second-order valence-electron chi connectivity index (χ2n) is 4.60. The van der Waals surface area contributed by atoms with E-state index in [4.69, 9.17) is 0 Å². The van der Waals surface area contributed by atoms with E-state index < -0.39 is 10.0 Å². The largest absolute Gasteiger partial charge is 0.357 e. The van der Waals surface area contributed by atoms with E-state index in [0.29, 0.717) is 25.1 Å². The van der Waals surface area contributed by atoms with Crippen LogP contribution in [0.4, 0.5) is 5.95 Å². The molecule has 0 bridgehead atoms. The molecule has 0 unspecified atom stereocenters. The van der Waals surface area contributed by atoms with Crippen LogP contribution in [-0.2, 0) is 10.0 Å². The minimum Gasteiger partial charge on any atom is -0.357 e. The van der Waals surface area contributed by atoms with Crippen molar-refractivity contribution >= 4 is 16.0 Å². The fourth-order valence-corrected chi connectivity index (χ4v) is 2.63. The van der Waals surface area contributed by atoms with Crippen LogP contribution in [-0.4, -0.2) is 56.5 Å². The summed E-state index contributed by atoms with van der Waals surface area (Å²) >= 11 is 0. The number of anilines is 1. The van der Waals surface area contributed by atoms with Gasteiger partial charge in [0.25, 0.3) is 0 Å². The number of nitrogens with one attached hydrogen (secondary N) is 2. The van der Waals surface area contributed by atoms with Crippen molar-refractivity contribution in [1.82, 2.24) is 19.6 Å². The number of rotatable bonds is 7. The van der Waals surface area contributed by atoms with Gasteiger partial charge in [0.1, 0.15) is 4.90 Å². The first-order valence-electron chi connectivity index (χ1n) is 6.22. The van der Waals surface area contributed by atoms with Crippen LogP contribution in [0.25, 0.3) is 0 Å². The van der Waals surface area contributed by atoms with Crippen LogP contribution < -0.4 is 10.0 Å². The molecule has 8 heteroatoms. The lowest BCUT2D eigenvalue weighted by Crippen LogP contribution is -2.34. The van der Waals surface area contributed by atoms with Crippen molar-refractivity contribution in [3.05, 3.63) is 12.4 Å². The maximum Gasteiger partial charge on any atom is 0.243 e. The van der Waals surface area contributed by atoms with E-state index >= 15 is 0 Å². The molecule has 19 heavy (non-hydrogen) atoms. The molecule has 0 aromatic carbocycles. The van der Waals surface area contributed by atoms with Crippen molar-refractivity contribution in [3.8, 4) is 0 Å². The SMILES string of the molecule is CNc1ncc(S(=O)(=O)NCCN(C)C2CC2)cn1. The fourth-order valence-electron chi connectivity index (χ4n) is 1.72. The molecular formula is C11H19N5O2S. The van der Waals surface area contributed by atoms with E-state index in [2.05, 4.69) is 24.9 Å². The predicted octanol–water partition coefficient (Wildman–Crippen LogP) is -0.109. The van der Waals surface area contributed by atoms with Gasteiger partial charge in [0.2, 0.25) is 16.0 Å². The number of aromatic nitrogens is 2. The summed E-state index contributed by atoms with van der Waals surface area (Å²) in [6, 6.07) is 0.628. The van der Waals surface area contributed by atoms with Gasteiger partial charge in [0.15, 0.2) is 0 Å². The van der Waals surface area contributed by atoms with E-state index in [-0.39, 0.29) is 4.90 Å². The molecule has 1 fully saturated rings. The third kappa shape index (κ3) is 3.85. The Balaban J connectivity index is 1.89. The number of hydrogen-bond donors (Lipinski definition) is 2. The molecule has 1 heterocycles. The summed E-state index contributed by atoms with van der Waals surface area (Å²) in [6.07, 6.45) is 5.02. The lowest BCUT2D eigenvalue weighted by atomic mass is 10.5. The Kier molecular flexibility index (Phi) is 4.33. The summed E-state index contributed by atoms with van der Waals surface area (Å²) in [5.74, 6) is 0.396. The van der Waals surface area contributed by atoms with E-state index in [1.165, 1.54) is 25.2 Å². The summed E-state index contributed by atoms with van der Waals surface area (Å²) in [4.78, 5) is 10.0. The van der Waals surface area contributed by atoms with E-state index in [1.807, 2.05) is 7.05 Å². The standard InChI is InChI=1S/C11H19N5O2S/c1-12-11-13-7-10(8-14-11)19(17,18)15-5-6-16(2)9-3-4-9/h7-9,15H,3-6H2,1-2H3,(H,12,13,14). The zero-order chi connectivity index (χ0) is 13.9. The van der Waals surface area contributed by atoms with Gasteiger partial charge < -0.3 is 10.2 Å². The maximum absolute atomic E-state index is 12.0. The molecule has 106 valence electrons. The second-order valence-corrected chi connectivity index (χ2v) is 6.37. The molecule has 1 aromatic rings. The second kappa shape index (κ2) is 5.81. The first-order valence-corrected chi connectivity index (χ1v) is 7.71. The summed E-state index contributed by atoms with van der Waals surface area (Å²) in [5.41, 5.74) is 0. The lowest BCUT2D eigenvalue weighted by Gasteiger charge is -2.15. The lowest BCUT2D eigenvalue weighted by molar-refractivity contribution is 0.329. The van der Waals surface area contributed by atoms with Crippen molar-refractivity contribution in [2.24, 2.45) is 0 Å². The first kappa shape index (κ1) is 14.2. The molecule has 0 saturated heterocycles. The zero-order valence-corrected chi connectivity index (χ0v) is 11.9. The quantitative estimate of drug-likeness (QED) is 0.727. The van der Waals surface area contributed by atoms with Crippen molar-refractivity contribution in [2.45, 2.75) is 23.8 Å². The Morgan fingerprint density at radius 2 is 2.00 bits per heavy atom. The van der Waals surface area contributed by atoms with Crippen LogP contribution in [0.15, 0.2) is 17.3 Å². The molecule has 1 saturated carbocycles. The highest BCUT2D eigenvalue weighted by atomic mass is 32.2. The van der Waals surface area contributed by atoms with Gasteiger partial charge in [-0.1, -0.05) is 0 Å². The molecule has 7 nitrogen and oxygen atoms in total. The highest BCUT2D eigenvalue weighted by Crippen LogP contribution is 2.24. The van der Waals surface area contributed by atoms with Gasteiger partial charge in [-0.2, -0.15) is 0 Å². The minimum atomic E-state index is -3.52. The van der Waals surface area contributed by atoms with Gasteiger partial charge in [-0.15, -0.1) is 0 Å². The van der Waals surface area contributed by atoms with E-state index in [1.54, 1.807) is 7.05 Å². The molecule has 1 aromatic heterocycles. The summed E-state index contributed by atoms with van der Waals surface area (Å²) in [6.45, 7) is 1.10. The summed E-state index contributed by atoms with van der Waals surface area (Å²) in [7, 11) is 0.171. The van der Waals surface area contributed by atoms with Crippen LogP contribution in [0.1, 0.15) is 12.8 Å². The minimum absolute atomic E-state index is 0.0839. The fraction of sp³-hybridized carbons (Fsp3) is 0.636. The molecule has 1 aliphatic rings. The molecule has 0 atom stereocenters. The highest BCUT2D eigenvalue weighted by Gasteiger charge is 2.25. The Bertz CT molecular complexity index is 512. The Hall–Kier alpha value is -1.25. The average molecular weight is 285 g/mol. The van der Waals surface area contributed by atoms with Crippen LogP contribution in [0.2, 0.25) is 0 Å². The average Bonchev–Trinajstić information content (AvgIpc) is 3.23. The van der Waals surface area contributed by atoms with Gasteiger partial charge in [0.05, 0.1) is 12.4 Å². The number of likely N-dealkylation sites (N-methyl/N-ethyl adjacent to an activating group) is 1. The van der Waals surface area contributed by atoms with Gasteiger partial charge >= 0.3 is 0 Å². The Morgan fingerprint density at radius 1 is 1.37 bits per heavy atom. The smallest absolute Gasteiger partial charge is 0.243 e. The number of sulfonamides is 1. The maximum atomic E-state index is 12.0. The third-order valence-electron chi connectivity index (χ3n) is 3.09. The molecule has 2 N–H and O–H groups in total. The zero-order valence-electron chi connectivity index (χ0n) is 11.1. The van der Waals surface area contributed by atoms with E-state index in [9.17, 15) is 8.42 Å². The normalized spacial score (nSPS) is 15.7. The monoisotopic (exact) mass is 285 g/mol. The molecule has 0 radical (unpaired) electrons.